The standard InChI is InChI=1S/C30H29N3O4/c1-36-23-16-22(17-24(18-23)37-2)29(34)33-15-14-21-9-4-6-12-26(21)28(33)19-31-30(35)32-27-13-7-10-20-8-3-5-11-25(20)27/h3-13,16-18,28H,14-15,19H2,1-2H3,(H2,31,32,35). The number of ether oxygens (including phenoxy) is 2. The third-order valence-corrected chi connectivity index (χ3v) is 6.77. The van der Waals surface area contributed by atoms with Crippen molar-refractivity contribution >= 4 is 28.4 Å². The van der Waals surface area contributed by atoms with Crippen LogP contribution in [0.5, 0.6) is 11.5 Å². The molecule has 188 valence electrons. The van der Waals surface area contributed by atoms with Crippen molar-refractivity contribution in [2.45, 2.75) is 12.5 Å². The molecule has 0 aliphatic carbocycles. The van der Waals surface area contributed by atoms with Crippen LogP contribution in [0.3, 0.4) is 0 Å². The summed E-state index contributed by atoms with van der Waals surface area (Å²) in [5.74, 6) is 0.946. The summed E-state index contributed by atoms with van der Waals surface area (Å²) < 4.78 is 10.7. The first kappa shape index (κ1) is 24.2. The number of methoxy groups -OCH3 is 2. The highest BCUT2D eigenvalue weighted by atomic mass is 16.5. The number of carbonyl (C=O) groups excluding carboxylic acids is 2. The lowest BCUT2D eigenvalue weighted by Crippen LogP contribution is -2.45. The van der Waals surface area contributed by atoms with Crippen LogP contribution in [0, 0.1) is 0 Å². The van der Waals surface area contributed by atoms with Crippen LogP contribution in [0.15, 0.2) is 84.9 Å². The van der Waals surface area contributed by atoms with Crippen LogP contribution in [0.1, 0.15) is 27.5 Å². The average Bonchev–Trinajstić information content (AvgIpc) is 2.95. The second-order valence-electron chi connectivity index (χ2n) is 8.93. The van der Waals surface area contributed by atoms with E-state index in [2.05, 4.69) is 16.7 Å². The van der Waals surface area contributed by atoms with E-state index in [9.17, 15) is 9.59 Å². The summed E-state index contributed by atoms with van der Waals surface area (Å²) in [4.78, 5) is 28.5. The first-order valence-electron chi connectivity index (χ1n) is 12.2. The fourth-order valence-corrected chi connectivity index (χ4v) is 4.90. The van der Waals surface area contributed by atoms with Gasteiger partial charge in [-0.1, -0.05) is 60.7 Å². The van der Waals surface area contributed by atoms with Gasteiger partial charge in [-0.25, -0.2) is 4.79 Å². The van der Waals surface area contributed by atoms with Gasteiger partial charge >= 0.3 is 6.03 Å². The minimum atomic E-state index is -0.326. The number of hydrogen-bond acceptors (Lipinski definition) is 4. The molecule has 0 bridgehead atoms. The highest BCUT2D eigenvalue weighted by molar-refractivity contribution is 6.01. The number of fused-ring (bicyclic) bond motifs is 2. The third kappa shape index (κ3) is 5.07. The fraction of sp³-hybridized carbons (Fsp3) is 0.200. The molecule has 4 aromatic rings. The summed E-state index contributed by atoms with van der Waals surface area (Å²) >= 11 is 0. The van der Waals surface area contributed by atoms with Crippen LogP contribution in [0.4, 0.5) is 10.5 Å². The molecule has 5 rings (SSSR count). The zero-order valence-electron chi connectivity index (χ0n) is 20.9. The lowest BCUT2D eigenvalue weighted by molar-refractivity contribution is 0.0660. The normalized spacial score (nSPS) is 14.5. The quantitative estimate of drug-likeness (QED) is 0.374. The van der Waals surface area contributed by atoms with Gasteiger partial charge in [0.1, 0.15) is 11.5 Å². The van der Waals surface area contributed by atoms with Gasteiger partial charge in [0.05, 0.1) is 25.9 Å². The Bertz CT molecular complexity index is 1420. The predicted octanol–water partition coefficient (Wildman–Crippen LogP) is 5.42. The highest BCUT2D eigenvalue weighted by Gasteiger charge is 2.32. The summed E-state index contributed by atoms with van der Waals surface area (Å²) in [6, 6.07) is 26.3. The number of rotatable bonds is 6. The molecule has 1 aliphatic rings. The fourth-order valence-electron chi connectivity index (χ4n) is 4.90. The van der Waals surface area contributed by atoms with Gasteiger partial charge in [0.25, 0.3) is 5.91 Å². The van der Waals surface area contributed by atoms with Crippen LogP contribution in [0.2, 0.25) is 0 Å². The maximum Gasteiger partial charge on any atom is 0.319 e. The van der Waals surface area contributed by atoms with E-state index >= 15 is 0 Å². The number of anilines is 1. The van der Waals surface area contributed by atoms with Gasteiger partial charge in [0, 0.05) is 30.1 Å². The third-order valence-electron chi connectivity index (χ3n) is 6.77. The molecule has 0 saturated carbocycles. The van der Waals surface area contributed by atoms with Gasteiger partial charge < -0.3 is 25.0 Å². The number of hydrogen-bond donors (Lipinski definition) is 2. The van der Waals surface area contributed by atoms with Gasteiger partial charge in [-0.05, 0) is 41.1 Å². The molecule has 0 fully saturated rings. The Morgan fingerprint density at radius 1 is 0.892 bits per heavy atom. The minimum Gasteiger partial charge on any atom is -0.497 e. The molecule has 0 saturated heterocycles. The second-order valence-corrected chi connectivity index (χ2v) is 8.93. The lowest BCUT2D eigenvalue weighted by atomic mass is 9.92. The van der Waals surface area contributed by atoms with Crippen LogP contribution in [-0.4, -0.2) is 44.1 Å². The van der Waals surface area contributed by atoms with Crippen molar-refractivity contribution in [3.05, 3.63) is 102 Å². The van der Waals surface area contributed by atoms with Crippen molar-refractivity contribution in [2.24, 2.45) is 0 Å². The maximum absolute atomic E-state index is 13.7. The van der Waals surface area contributed by atoms with Crippen LogP contribution < -0.4 is 20.1 Å². The number of nitrogens with zero attached hydrogens (tertiary/aromatic N) is 1. The van der Waals surface area contributed by atoms with E-state index in [0.717, 1.165) is 28.4 Å². The number of carbonyl (C=O) groups is 2. The molecular weight excluding hydrogens is 466 g/mol. The molecule has 0 spiro atoms. The van der Waals surface area contributed by atoms with E-state index < -0.39 is 0 Å². The largest absolute Gasteiger partial charge is 0.497 e. The first-order chi connectivity index (χ1) is 18.1. The van der Waals surface area contributed by atoms with Crippen LogP contribution in [-0.2, 0) is 6.42 Å². The van der Waals surface area contributed by atoms with Crippen molar-refractivity contribution in [3.63, 3.8) is 0 Å². The van der Waals surface area contributed by atoms with E-state index in [1.54, 1.807) is 32.4 Å². The summed E-state index contributed by atoms with van der Waals surface area (Å²) in [6.45, 7) is 0.799. The van der Waals surface area contributed by atoms with E-state index in [-0.39, 0.29) is 24.5 Å². The Morgan fingerprint density at radius 2 is 1.59 bits per heavy atom. The van der Waals surface area contributed by atoms with E-state index in [0.29, 0.717) is 23.6 Å². The number of nitrogens with one attached hydrogen (secondary N) is 2. The molecule has 37 heavy (non-hydrogen) atoms. The highest BCUT2D eigenvalue weighted by Crippen LogP contribution is 2.32. The predicted molar refractivity (Wildman–Crippen MR) is 144 cm³/mol. The summed E-state index contributed by atoms with van der Waals surface area (Å²) in [7, 11) is 3.11. The van der Waals surface area contributed by atoms with Crippen molar-refractivity contribution in [1.29, 1.82) is 0 Å². The molecule has 1 atom stereocenters. The first-order valence-corrected chi connectivity index (χ1v) is 12.2. The van der Waals surface area contributed by atoms with Crippen LogP contribution in [0.25, 0.3) is 10.8 Å². The molecular formula is C30H29N3O4. The molecule has 1 aliphatic heterocycles. The molecule has 1 unspecified atom stereocenters. The lowest BCUT2D eigenvalue weighted by Gasteiger charge is -2.37. The molecule has 0 aromatic heterocycles. The Labute approximate surface area is 216 Å². The second kappa shape index (κ2) is 10.6. The van der Waals surface area contributed by atoms with Crippen molar-refractivity contribution in [1.82, 2.24) is 10.2 Å². The summed E-state index contributed by atoms with van der Waals surface area (Å²) in [5.41, 5.74) is 3.41. The summed E-state index contributed by atoms with van der Waals surface area (Å²) in [5, 5.41) is 7.98. The van der Waals surface area contributed by atoms with Crippen LogP contribution >= 0.6 is 0 Å². The monoisotopic (exact) mass is 495 g/mol. The molecule has 1 heterocycles. The molecule has 7 nitrogen and oxygen atoms in total. The Balaban J connectivity index is 1.38. The van der Waals surface area contributed by atoms with Crippen molar-refractivity contribution in [3.8, 4) is 11.5 Å². The molecule has 0 radical (unpaired) electrons. The maximum atomic E-state index is 13.7. The van der Waals surface area contributed by atoms with E-state index in [4.69, 9.17) is 9.47 Å². The summed E-state index contributed by atoms with van der Waals surface area (Å²) in [6.07, 6.45) is 0.738. The Hall–Kier alpha value is -4.52. The number of benzene rings is 4. The SMILES string of the molecule is COc1cc(OC)cc(C(=O)N2CCc3ccccc3C2CNC(=O)Nc2cccc3ccccc23)c1. The van der Waals surface area contributed by atoms with Gasteiger partial charge in [0.2, 0.25) is 0 Å². The smallest absolute Gasteiger partial charge is 0.319 e. The molecule has 4 aromatic carbocycles. The van der Waals surface area contributed by atoms with E-state index in [1.807, 2.05) is 65.6 Å². The van der Waals surface area contributed by atoms with E-state index in [1.165, 1.54) is 5.56 Å². The van der Waals surface area contributed by atoms with Gasteiger partial charge in [-0.2, -0.15) is 0 Å². The van der Waals surface area contributed by atoms with Gasteiger partial charge in [-0.15, -0.1) is 0 Å². The van der Waals surface area contributed by atoms with Crippen molar-refractivity contribution < 1.29 is 19.1 Å². The van der Waals surface area contributed by atoms with Gasteiger partial charge in [0.15, 0.2) is 0 Å². The molecule has 3 amide bonds. The number of urea groups is 1. The molecule has 7 heteroatoms. The number of amides is 3. The zero-order chi connectivity index (χ0) is 25.8. The average molecular weight is 496 g/mol. The van der Waals surface area contributed by atoms with Gasteiger partial charge in [-0.3, -0.25) is 4.79 Å². The Kier molecular flexibility index (Phi) is 6.94. The minimum absolute atomic E-state index is 0.145. The topological polar surface area (TPSA) is 79.9 Å². The Morgan fingerprint density at radius 3 is 2.38 bits per heavy atom. The molecule has 2 N–H and O–H groups in total. The van der Waals surface area contributed by atoms with Crippen molar-refractivity contribution in [2.75, 3.05) is 32.6 Å². The zero-order valence-corrected chi connectivity index (χ0v) is 20.9.